The minimum Gasteiger partial charge on any atom is -0.488 e. The van der Waals surface area contributed by atoms with Gasteiger partial charge in [-0.3, -0.25) is 4.79 Å². The van der Waals surface area contributed by atoms with Crippen molar-refractivity contribution in [1.82, 2.24) is 5.32 Å². The average Bonchev–Trinajstić information content (AvgIpc) is 3.08. The molecule has 1 N–H and O–H groups in total. The first kappa shape index (κ1) is 19.3. The predicted octanol–water partition coefficient (Wildman–Crippen LogP) is 5.81. The van der Waals surface area contributed by atoms with Crippen LogP contribution in [0.3, 0.4) is 0 Å². The lowest BCUT2D eigenvalue weighted by molar-refractivity contribution is -0.115. The number of halogens is 1. The molecule has 4 rings (SSSR count). The number of nitrogens with one attached hydrogen (secondary N) is 1. The van der Waals surface area contributed by atoms with Crippen molar-refractivity contribution in [3.05, 3.63) is 99.9 Å². The van der Waals surface area contributed by atoms with E-state index in [1.54, 1.807) is 24.3 Å². The Bertz CT molecular complexity index is 1080. The molecule has 0 aliphatic carbocycles. The lowest BCUT2D eigenvalue weighted by atomic mass is 10.2. The fraction of sp³-hybridized carbons (Fsp3) is 0.0435. The molecule has 0 spiro atoms. The van der Waals surface area contributed by atoms with Crippen LogP contribution >= 0.6 is 23.4 Å². The zero-order chi connectivity index (χ0) is 20.1. The lowest BCUT2D eigenvalue weighted by Gasteiger charge is -2.09. The highest BCUT2D eigenvalue weighted by atomic mass is 35.5. The molecule has 0 unspecified atom stereocenters. The zero-order valence-corrected chi connectivity index (χ0v) is 16.9. The van der Waals surface area contributed by atoms with Crippen LogP contribution in [0, 0.1) is 0 Å². The molecule has 0 saturated carbocycles. The van der Waals surface area contributed by atoms with Gasteiger partial charge in [-0.15, -0.1) is 0 Å². The van der Waals surface area contributed by atoms with E-state index in [0.29, 0.717) is 21.7 Å². The van der Waals surface area contributed by atoms with E-state index < -0.39 is 0 Å². The van der Waals surface area contributed by atoms with Gasteiger partial charge in [-0.2, -0.15) is 0 Å². The van der Waals surface area contributed by atoms with Gasteiger partial charge in [0.1, 0.15) is 12.4 Å². The first-order valence-electron chi connectivity index (χ1n) is 8.98. The molecule has 0 radical (unpaired) electrons. The smallest absolute Gasteiger partial charge is 0.264 e. The van der Waals surface area contributed by atoms with Gasteiger partial charge in [0.25, 0.3) is 5.91 Å². The standard InChI is InChI=1S/C23H17ClN2O2S/c24-18-10-12-19(13-11-18)25-23-26-22(27)21(29-23)14-17-8-4-5-9-20(17)28-15-16-6-2-1-3-7-16/h1-14H,15H2,(H,25,26,27)/b21-14+. The summed E-state index contributed by atoms with van der Waals surface area (Å²) >= 11 is 7.20. The van der Waals surface area contributed by atoms with Gasteiger partial charge in [-0.1, -0.05) is 60.1 Å². The Morgan fingerprint density at radius 3 is 2.48 bits per heavy atom. The number of hydrogen-bond acceptors (Lipinski definition) is 4. The van der Waals surface area contributed by atoms with Crippen molar-refractivity contribution in [3.63, 3.8) is 0 Å². The Hall–Kier alpha value is -3.02. The molecule has 1 amide bonds. The van der Waals surface area contributed by atoms with Crippen molar-refractivity contribution in [2.24, 2.45) is 4.99 Å². The first-order valence-corrected chi connectivity index (χ1v) is 10.2. The molecule has 3 aromatic rings. The van der Waals surface area contributed by atoms with E-state index in [9.17, 15) is 4.79 Å². The Labute approximate surface area is 178 Å². The second-order valence-electron chi connectivity index (χ2n) is 6.27. The minimum atomic E-state index is -0.180. The summed E-state index contributed by atoms with van der Waals surface area (Å²) in [6.45, 7) is 0.462. The van der Waals surface area contributed by atoms with Crippen molar-refractivity contribution in [2.45, 2.75) is 6.61 Å². The minimum absolute atomic E-state index is 0.180. The molecule has 0 aromatic heterocycles. The molecule has 6 heteroatoms. The molecule has 3 aromatic carbocycles. The summed E-state index contributed by atoms with van der Waals surface area (Å²) in [5, 5.41) is 3.97. The second-order valence-corrected chi connectivity index (χ2v) is 7.74. The molecule has 1 saturated heterocycles. The molecule has 4 nitrogen and oxygen atoms in total. The summed E-state index contributed by atoms with van der Waals surface area (Å²) in [7, 11) is 0. The number of amidine groups is 1. The molecule has 1 aliphatic rings. The molecule has 29 heavy (non-hydrogen) atoms. The summed E-state index contributed by atoms with van der Waals surface area (Å²) in [4.78, 5) is 17.4. The summed E-state index contributed by atoms with van der Waals surface area (Å²) in [5.41, 5.74) is 2.65. The van der Waals surface area contributed by atoms with Crippen molar-refractivity contribution in [1.29, 1.82) is 0 Å². The fourth-order valence-corrected chi connectivity index (χ4v) is 3.68. The van der Waals surface area contributed by atoms with Crippen LogP contribution in [-0.2, 0) is 11.4 Å². The summed E-state index contributed by atoms with van der Waals surface area (Å²) in [6.07, 6.45) is 1.82. The number of ether oxygens (including phenoxy) is 1. The van der Waals surface area contributed by atoms with Crippen LogP contribution in [0.1, 0.15) is 11.1 Å². The number of amides is 1. The molecule has 1 aliphatic heterocycles. The number of para-hydroxylation sites is 1. The van der Waals surface area contributed by atoms with Crippen LogP contribution in [0.4, 0.5) is 5.69 Å². The third-order valence-electron chi connectivity index (χ3n) is 4.15. The van der Waals surface area contributed by atoms with E-state index in [1.807, 2.05) is 60.7 Å². The number of rotatable bonds is 5. The largest absolute Gasteiger partial charge is 0.488 e. The Morgan fingerprint density at radius 1 is 0.966 bits per heavy atom. The quantitative estimate of drug-likeness (QED) is 0.530. The average molecular weight is 421 g/mol. The molecular formula is C23H17ClN2O2S. The summed E-state index contributed by atoms with van der Waals surface area (Å²) < 4.78 is 5.97. The highest BCUT2D eigenvalue weighted by Crippen LogP contribution is 2.31. The third kappa shape index (κ3) is 5.08. The monoisotopic (exact) mass is 420 g/mol. The number of nitrogens with zero attached hydrogens (tertiary/aromatic N) is 1. The van der Waals surface area contributed by atoms with Crippen LogP contribution in [0.15, 0.2) is 88.8 Å². The number of carbonyl (C=O) groups excluding carboxylic acids is 1. The van der Waals surface area contributed by atoms with Gasteiger partial charge in [-0.05, 0) is 53.7 Å². The van der Waals surface area contributed by atoms with Crippen LogP contribution < -0.4 is 10.1 Å². The van der Waals surface area contributed by atoms with Crippen LogP contribution in [0.25, 0.3) is 6.08 Å². The van der Waals surface area contributed by atoms with Gasteiger partial charge in [-0.25, -0.2) is 4.99 Å². The van der Waals surface area contributed by atoms with Gasteiger partial charge in [0.05, 0.1) is 10.6 Å². The van der Waals surface area contributed by atoms with Crippen molar-refractivity contribution in [3.8, 4) is 5.75 Å². The number of hydrogen-bond donors (Lipinski definition) is 1. The van der Waals surface area contributed by atoms with Gasteiger partial charge in [0.2, 0.25) is 0 Å². The summed E-state index contributed by atoms with van der Waals surface area (Å²) in [5.74, 6) is 0.543. The first-order chi connectivity index (χ1) is 14.2. The number of aliphatic imine (C=N–C) groups is 1. The predicted molar refractivity (Wildman–Crippen MR) is 119 cm³/mol. The number of carbonyl (C=O) groups is 1. The van der Waals surface area contributed by atoms with Crippen molar-refractivity contribution < 1.29 is 9.53 Å². The Kier molecular flexibility index (Phi) is 5.98. The van der Waals surface area contributed by atoms with E-state index in [-0.39, 0.29) is 5.91 Å². The van der Waals surface area contributed by atoms with Gasteiger partial charge in [0, 0.05) is 10.6 Å². The normalized spacial score (nSPS) is 16.2. The molecule has 0 bridgehead atoms. The highest BCUT2D eigenvalue weighted by molar-refractivity contribution is 8.18. The lowest BCUT2D eigenvalue weighted by Crippen LogP contribution is -2.19. The highest BCUT2D eigenvalue weighted by Gasteiger charge is 2.24. The topological polar surface area (TPSA) is 50.7 Å². The maximum Gasteiger partial charge on any atom is 0.264 e. The van der Waals surface area contributed by atoms with Crippen molar-refractivity contribution >= 4 is 46.2 Å². The SMILES string of the molecule is O=C1NC(=Nc2ccc(Cl)cc2)S/C1=C/c1ccccc1OCc1ccccc1. The van der Waals surface area contributed by atoms with Crippen LogP contribution in [0.5, 0.6) is 5.75 Å². The van der Waals surface area contributed by atoms with Crippen LogP contribution in [-0.4, -0.2) is 11.1 Å². The maximum atomic E-state index is 12.4. The molecule has 144 valence electrons. The molecule has 0 atom stereocenters. The van der Waals surface area contributed by atoms with Gasteiger partial charge >= 0.3 is 0 Å². The molecular weight excluding hydrogens is 404 g/mol. The van der Waals surface area contributed by atoms with E-state index in [4.69, 9.17) is 16.3 Å². The number of benzene rings is 3. The third-order valence-corrected chi connectivity index (χ3v) is 5.31. The van der Waals surface area contributed by atoms with Crippen LogP contribution in [0.2, 0.25) is 5.02 Å². The number of thioether (sulfide) groups is 1. The zero-order valence-electron chi connectivity index (χ0n) is 15.3. The van der Waals surface area contributed by atoms with E-state index in [0.717, 1.165) is 22.6 Å². The van der Waals surface area contributed by atoms with E-state index in [1.165, 1.54) is 11.8 Å². The maximum absolute atomic E-state index is 12.4. The second kappa shape index (κ2) is 8.99. The van der Waals surface area contributed by atoms with E-state index >= 15 is 0 Å². The molecule has 1 fully saturated rings. The Balaban J connectivity index is 1.52. The summed E-state index contributed by atoms with van der Waals surface area (Å²) in [6, 6.07) is 24.8. The fourth-order valence-electron chi connectivity index (χ4n) is 2.72. The van der Waals surface area contributed by atoms with E-state index in [2.05, 4.69) is 10.3 Å². The molecule has 1 heterocycles. The Morgan fingerprint density at radius 2 is 1.69 bits per heavy atom. The van der Waals surface area contributed by atoms with Gasteiger partial charge < -0.3 is 10.1 Å². The van der Waals surface area contributed by atoms with Gasteiger partial charge in [0.15, 0.2) is 5.17 Å². The van der Waals surface area contributed by atoms with Crippen molar-refractivity contribution in [2.75, 3.05) is 0 Å².